The standard InChI is InChI=1S/C21H17F3N2O5/c22-21(23,24)15-4-2-1-3-13(15)16-7-11-5-6-12(8-14(11)19(29)25-16)26-9-18(17(28)10-27)31-20(26)30/h1-8,17-18,27-28H,9-10H2,(H,25,29)/t17-,18?/m1/s1. The van der Waals surface area contributed by atoms with Gasteiger partial charge in [0, 0.05) is 22.3 Å². The monoisotopic (exact) mass is 434 g/mol. The SMILES string of the molecule is O=C1OC([C@H](O)CO)CN1c1ccc2cc(-c3ccccc3C(F)(F)F)[nH]c(=O)c2c1. The Morgan fingerprint density at radius 3 is 2.61 bits per heavy atom. The van der Waals surface area contributed by atoms with Gasteiger partial charge in [0.2, 0.25) is 0 Å². The van der Waals surface area contributed by atoms with Gasteiger partial charge in [-0.05, 0) is 29.7 Å². The fourth-order valence-corrected chi connectivity index (χ4v) is 3.54. The molecule has 1 aliphatic heterocycles. The van der Waals surface area contributed by atoms with Gasteiger partial charge in [-0.3, -0.25) is 9.69 Å². The fourth-order valence-electron chi connectivity index (χ4n) is 3.54. The number of fused-ring (bicyclic) bond motifs is 1. The number of pyridine rings is 1. The molecule has 0 spiro atoms. The lowest BCUT2D eigenvalue weighted by Crippen LogP contribution is -2.33. The highest BCUT2D eigenvalue weighted by molar-refractivity contribution is 5.94. The maximum atomic E-state index is 13.4. The lowest BCUT2D eigenvalue weighted by atomic mass is 10.0. The number of aliphatic hydroxyl groups is 2. The first-order valence-electron chi connectivity index (χ1n) is 9.30. The number of rotatable bonds is 4. The van der Waals surface area contributed by atoms with Crippen LogP contribution in [0.3, 0.4) is 0 Å². The van der Waals surface area contributed by atoms with Gasteiger partial charge >= 0.3 is 12.3 Å². The number of hydrogen-bond acceptors (Lipinski definition) is 5. The number of nitrogens with zero attached hydrogens (tertiary/aromatic N) is 1. The Hall–Kier alpha value is -3.37. The molecule has 1 aliphatic rings. The van der Waals surface area contributed by atoms with Gasteiger partial charge in [0.1, 0.15) is 12.2 Å². The molecule has 4 rings (SSSR count). The zero-order valence-corrected chi connectivity index (χ0v) is 15.9. The fraction of sp³-hybridized carbons (Fsp3) is 0.238. The third kappa shape index (κ3) is 3.87. The van der Waals surface area contributed by atoms with Crippen LogP contribution >= 0.6 is 0 Å². The molecule has 2 aromatic carbocycles. The molecule has 0 saturated carbocycles. The normalized spacial score (nSPS) is 17.8. The van der Waals surface area contributed by atoms with Crippen LogP contribution in [-0.4, -0.2) is 46.6 Å². The van der Waals surface area contributed by atoms with Crippen molar-refractivity contribution in [3.63, 3.8) is 0 Å². The van der Waals surface area contributed by atoms with E-state index in [1.807, 2.05) is 0 Å². The number of carbonyl (C=O) groups excluding carboxylic acids is 1. The number of aromatic nitrogens is 1. The van der Waals surface area contributed by atoms with Crippen molar-refractivity contribution in [3.8, 4) is 11.3 Å². The Morgan fingerprint density at radius 2 is 1.90 bits per heavy atom. The molecule has 162 valence electrons. The second kappa shape index (κ2) is 7.71. The van der Waals surface area contributed by atoms with Crippen LogP contribution in [-0.2, 0) is 10.9 Å². The Kier molecular flexibility index (Phi) is 5.19. The summed E-state index contributed by atoms with van der Waals surface area (Å²) in [4.78, 5) is 28.5. The molecule has 1 saturated heterocycles. The summed E-state index contributed by atoms with van der Waals surface area (Å²) in [6.45, 7) is -0.605. The van der Waals surface area contributed by atoms with Crippen molar-refractivity contribution in [1.29, 1.82) is 0 Å². The first kappa shape index (κ1) is 20.9. The lowest BCUT2D eigenvalue weighted by Gasteiger charge is -2.16. The number of cyclic esters (lactones) is 1. The van der Waals surface area contributed by atoms with Crippen LogP contribution in [0, 0.1) is 0 Å². The zero-order chi connectivity index (χ0) is 22.3. The smallest absolute Gasteiger partial charge is 0.417 e. The number of aromatic amines is 1. The quantitative estimate of drug-likeness (QED) is 0.586. The van der Waals surface area contributed by atoms with E-state index in [0.29, 0.717) is 11.1 Å². The molecule has 3 N–H and O–H groups in total. The van der Waals surface area contributed by atoms with E-state index in [1.54, 1.807) is 0 Å². The second-order valence-corrected chi connectivity index (χ2v) is 7.11. The molecular formula is C21H17F3N2O5. The number of nitrogens with one attached hydrogen (secondary N) is 1. The van der Waals surface area contributed by atoms with Crippen molar-refractivity contribution in [2.24, 2.45) is 0 Å². The number of anilines is 1. The Morgan fingerprint density at radius 1 is 1.16 bits per heavy atom. The zero-order valence-electron chi connectivity index (χ0n) is 15.9. The van der Waals surface area contributed by atoms with Crippen LogP contribution in [0.15, 0.2) is 53.3 Å². The van der Waals surface area contributed by atoms with Gasteiger partial charge in [0.05, 0.1) is 18.7 Å². The molecule has 0 bridgehead atoms. The minimum absolute atomic E-state index is 0.0184. The van der Waals surface area contributed by atoms with Crippen molar-refractivity contribution in [2.45, 2.75) is 18.4 Å². The third-order valence-corrected chi connectivity index (χ3v) is 5.12. The van der Waals surface area contributed by atoms with E-state index in [1.165, 1.54) is 47.4 Å². The van der Waals surface area contributed by atoms with Crippen LogP contribution in [0.4, 0.5) is 23.7 Å². The summed E-state index contributed by atoms with van der Waals surface area (Å²) in [5, 5.41) is 19.3. The predicted octanol–water partition coefficient (Wildman–Crippen LogP) is 2.89. The molecular weight excluding hydrogens is 417 g/mol. The van der Waals surface area contributed by atoms with Crippen molar-refractivity contribution in [1.82, 2.24) is 4.98 Å². The molecule has 0 radical (unpaired) electrons. The first-order valence-corrected chi connectivity index (χ1v) is 9.30. The van der Waals surface area contributed by atoms with Gasteiger partial charge in [-0.25, -0.2) is 4.79 Å². The topological polar surface area (TPSA) is 103 Å². The maximum absolute atomic E-state index is 13.4. The van der Waals surface area contributed by atoms with Crippen LogP contribution in [0.1, 0.15) is 5.56 Å². The number of carbonyl (C=O) groups is 1. The number of ether oxygens (including phenoxy) is 1. The number of halogens is 3. The third-order valence-electron chi connectivity index (χ3n) is 5.12. The summed E-state index contributed by atoms with van der Waals surface area (Å²) in [6.07, 6.45) is -7.50. The predicted molar refractivity (Wildman–Crippen MR) is 106 cm³/mol. The van der Waals surface area contributed by atoms with Gasteiger partial charge in [0.25, 0.3) is 5.56 Å². The molecule has 7 nitrogen and oxygen atoms in total. The first-order chi connectivity index (χ1) is 14.7. The van der Waals surface area contributed by atoms with E-state index in [-0.39, 0.29) is 23.2 Å². The molecule has 0 aliphatic carbocycles. The summed E-state index contributed by atoms with van der Waals surface area (Å²) >= 11 is 0. The highest BCUT2D eigenvalue weighted by Gasteiger charge is 2.37. The van der Waals surface area contributed by atoms with Gasteiger partial charge < -0.3 is 19.9 Å². The van der Waals surface area contributed by atoms with Crippen LogP contribution < -0.4 is 10.5 Å². The van der Waals surface area contributed by atoms with Crippen molar-refractivity contribution in [2.75, 3.05) is 18.1 Å². The van der Waals surface area contributed by atoms with Gasteiger partial charge in [0.15, 0.2) is 0 Å². The molecule has 1 aromatic heterocycles. The van der Waals surface area contributed by atoms with E-state index in [2.05, 4.69) is 4.98 Å². The van der Waals surface area contributed by atoms with Crippen molar-refractivity contribution in [3.05, 3.63) is 64.4 Å². The Bertz CT molecular complexity index is 1210. The van der Waals surface area contributed by atoms with Crippen LogP contribution in [0.25, 0.3) is 22.0 Å². The van der Waals surface area contributed by atoms with Crippen LogP contribution in [0.2, 0.25) is 0 Å². The largest absolute Gasteiger partial charge is 0.441 e. The molecule has 1 amide bonds. The number of benzene rings is 2. The lowest BCUT2D eigenvalue weighted by molar-refractivity contribution is -0.137. The molecule has 2 atom stereocenters. The Labute approximate surface area is 173 Å². The number of H-pyrrole nitrogens is 1. The van der Waals surface area contributed by atoms with Crippen molar-refractivity contribution >= 4 is 22.6 Å². The summed E-state index contributed by atoms with van der Waals surface area (Å²) in [7, 11) is 0. The molecule has 1 unspecified atom stereocenters. The van der Waals surface area contributed by atoms with E-state index in [0.717, 1.165) is 6.07 Å². The average molecular weight is 434 g/mol. The average Bonchev–Trinajstić information content (AvgIpc) is 3.14. The molecule has 1 fully saturated rings. The number of alkyl halides is 3. The minimum atomic E-state index is -4.59. The van der Waals surface area contributed by atoms with E-state index < -0.39 is 42.2 Å². The van der Waals surface area contributed by atoms with Crippen LogP contribution in [0.5, 0.6) is 0 Å². The molecule has 2 heterocycles. The summed E-state index contributed by atoms with van der Waals surface area (Å²) < 4.78 is 45.1. The summed E-state index contributed by atoms with van der Waals surface area (Å²) in [5.74, 6) is 0. The van der Waals surface area contributed by atoms with E-state index in [4.69, 9.17) is 9.84 Å². The molecule has 10 heteroatoms. The minimum Gasteiger partial charge on any atom is -0.441 e. The highest BCUT2D eigenvalue weighted by Crippen LogP contribution is 2.36. The molecule has 3 aromatic rings. The van der Waals surface area contributed by atoms with Gasteiger partial charge in [-0.1, -0.05) is 24.3 Å². The summed E-state index contributed by atoms with van der Waals surface area (Å²) in [5.41, 5.74) is -1.30. The van der Waals surface area contributed by atoms with Gasteiger partial charge in [-0.15, -0.1) is 0 Å². The number of amides is 1. The van der Waals surface area contributed by atoms with Crippen molar-refractivity contribution < 1.29 is 32.9 Å². The Balaban J connectivity index is 1.74. The number of aliphatic hydroxyl groups excluding tert-OH is 2. The molecule has 31 heavy (non-hydrogen) atoms. The van der Waals surface area contributed by atoms with E-state index in [9.17, 15) is 27.9 Å². The van der Waals surface area contributed by atoms with Gasteiger partial charge in [-0.2, -0.15) is 13.2 Å². The maximum Gasteiger partial charge on any atom is 0.417 e. The number of hydrogen-bond donors (Lipinski definition) is 3. The summed E-state index contributed by atoms with van der Waals surface area (Å²) in [6, 6.07) is 10.8. The highest BCUT2D eigenvalue weighted by atomic mass is 19.4. The van der Waals surface area contributed by atoms with E-state index >= 15 is 0 Å². The second-order valence-electron chi connectivity index (χ2n) is 7.11.